The van der Waals surface area contributed by atoms with Crippen LogP contribution in [-0.4, -0.2) is 34.3 Å². The van der Waals surface area contributed by atoms with Gasteiger partial charge in [-0.1, -0.05) is 43.5 Å². The molecule has 0 amide bonds. The van der Waals surface area contributed by atoms with E-state index in [1.165, 1.54) is 0 Å². The Hall–Kier alpha value is -0.920. The van der Waals surface area contributed by atoms with E-state index in [0.717, 1.165) is 5.69 Å². The number of aromatic nitrogens is 4. The molecular weight excluding hydrogens is 288 g/mol. The molecule has 0 radical (unpaired) electrons. The van der Waals surface area contributed by atoms with Crippen molar-refractivity contribution in [2.75, 3.05) is 5.75 Å². The zero-order valence-electron chi connectivity index (χ0n) is 11.1. The number of aromatic amines is 1. The topological polar surface area (TPSA) is 86.1 Å². The summed E-state index contributed by atoms with van der Waals surface area (Å²) in [5, 5.41) is 11.8. The molecule has 1 atom stereocenters. The summed E-state index contributed by atoms with van der Waals surface area (Å²) in [7, 11) is 0. The lowest BCUT2D eigenvalue weighted by Crippen LogP contribution is -2.13. The number of hydrogen-bond donors (Lipinski definition) is 1. The number of aryl methyl sites for hydroxylation is 1. The van der Waals surface area contributed by atoms with Gasteiger partial charge >= 0.3 is 0 Å². The molecule has 8 heteroatoms. The lowest BCUT2D eigenvalue weighted by molar-refractivity contribution is 0.534. The van der Waals surface area contributed by atoms with E-state index in [1.807, 2.05) is 0 Å². The van der Waals surface area contributed by atoms with Gasteiger partial charge in [0.25, 0.3) is 0 Å². The van der Waals surface area contributed by atoms with E-state index in [9.17, 15) is 8.76 Å². The summed E-state index contributed by atoms with van der Waals surface area (Å²) in [6, 6.07) is 0. The molecule has 0 bridgehead atoms. The second-order valence-corrected chi connectivity index (χ2v) is 6.83. The van der Waals surface area contributed by atoms with E-state index in [1.54, 1.807) is 4.52 Å². The Morgan fingerprint density at radius 3 is 2.68 bits per heavy atom. The van der Waals surface area contributed by atoms with Crippen LogP contribution in [0.2, 0.25) is 5.02 Å². The number of halogens is 1. The summed E-state index contributed by atoms with van der Waals surface area (Å²) in [5.74, 6) is 0.813. The van der Waals surface area contributed by atoms with Crippen LogP contribution in [0.25, 0.3) is 5.65 Å². The van der Waals surface area contributed by atoms with Crippen LogP contribution in [0.5, 0.6) is 0 Å². The molecule has 106 valence electrons. The van der Waals surface area contributed by atoms with E-state index in [-0.39, 0.29) is 11.2 Å². The van der Waals surface area contributed by atoms with E-state index in [4.69, 9.17) is 11.6 Å². The summed E-state index contributed by atoms with van der Waals surface area (Å²) in [4.78, 5) is 0. The van der Waals surface area contributed by atoms with Gasteiger partial charge < -0.3 is 4.55 Å². The quantitative estimate of drug-likeness (QED) is 0.873. The fraction of sp³-hybridized carbons (Fsp3) is 0.636. The molecule has 0 saturated heterocycles. The largest absolute Gasteiger partial charge is 0.772 e. The third kappa shape index (κ3) is 2.98. The molecule has 2 rings (SSSR count). The van der Waals surface area contributed by atoms with E-state index >= 15 is 0 Å². The summed E-state index contributed by atoms with van der Waals surface area (Å²) >= 11 is 4.27. The lowest BCUT2D eigenvalue weighted by Gasteiger charge is -2.16. The maximum atomic E-state index is 10.5. The SMILES string of the molecule is CC(C)(C)c1[nH]n2c(CCCS(=O)[O-])nnc2c1Cl. The van der Waals surface area contributed by atoms with Crippen molar-refractivity contribution in [1.82, 2.24) is 19.8 Å². The minimum absolute atomic E-state index is 0.119. The van der Waals surface area contributed by atoms with Crippen LogP contribution in [0.4, 0.5) is 0 Å². The second-order valence-electron chi connectivity index (χ2n) is 5.44. The van der Waals surface area contributed by atoms with Crippen LogP contribution in [-0.2, 0) is 22.9 Å². The van der Waals surface area contributed by atoms with Gasteiger partial charge in [-0.3, -0.25) is 9.31 Å². The first-order valence-corrected chi connectivity index (χ1v) is 7.60. The third-order valence-electron chi connectivity index (χ3n) is 2.83. The zero-order chi connectivity index (χ0) is 14.2. The van der Waals surface area contributed by atoms with E-state index < -0.39 is 11.1 Å². The van der Waals surface area contributed by atoms with Crippen molar-refractivity contribution in [3.63, 3.8) is 0 Å². The van der Waals surface area contributed by atoms with Crippen LogP contribution in [0.15, 0.2) is 0 Å². The molecular formula is C11H16ClN4O2S-. The van der Waals surface area contributed by atoms with Crippen molar-refractivity contribution in [2.45, 2.75) is 39.0 Å². The van der Waals surface area contributed by atoms with Gasteiger partial charge in [-0.05, 0) is 6.42 Å². The molecule has 19 heavy (non-hydrogen) atoms. The van der Waals surface area contributed by atoms with Gasteiger partial charge in [0.2, 0.25) is 0 Å². The molecule has 0 spiro atoms. The molecule has 0 saturated carbocycles. The fourth-order valence-corrected chi connectivity index (χ4v) is 2.68. The van der Waals surface area contributed by atoms with Crippen molar-refractivity contribution in [1.29, 1.82) is 0 Å². The molecule has 1 unspecified atom stereocenters. The normalized spacial score (nSPS) is 14.2. The summed E-state index contributed by atoms with van der Waals surface area (Å²) < 4.78 is 22.8. The molecule has 2 aromatic heterocycles. The Balaban J connectivity index is 2.30. The maximum absolute atomic E-state index is 10.5. The van der Waals surface area contributed by atoms with Gasteiger partial charge in [-0.25, -0.2) is 4.52 Å². The van der Waals surface area contributed by atoms with Crippen LogP contribution < -0.4 is 0 Å². The van der Waals surface area contributed by atoms with E-state index in [2.05, 4.69) is 36.1 Å². The highest BCUT2D eigenvalue weighted by molar-refractivity contribution is 7.79. The number of rotatable bonds is 4. The number of H-pyrrole nitrogens is 1. The highest BCUT2D eigenvalue weighted by atomic mass is 35.5. The Morgan fingerprint density at radius 2 is 2.11 bits per heavy atom. The monoisotopic (exact) mass is 303 g/mol. The Bertz CT molecular complexity index is 614. The molecule has 0 aliphatic rings. The summed E-state index contributed by atoms with van der Waals surface area (Å²) in [6.07, 6.45) is 1.05. The minimum atomic E-state index is -2.02. The average molecular weight is 304 g/mol. The Kier molecular flexibility index (Phi) is 3.98. The standard InChI is InChI=1S/C11H17ClN4O2S/c1-11(2,3)9-8(12)10-14-13-7(16(10)15-9)5-4-6-19(17)18/h15H,4-6H2,1-3H3,(H,17,18)/p-1. The minimum Gasteiger partial charge on any atom is -0.772 e. The highest BCUT2D eigenvalue weighted by Gasteiger charge is 2.24. The predicted molar refractivity (Wildman–Crippen MR) is 73.2 cm³/mol. The number of nitrogens with one attached hydrogen (secondary N) is 1. The van der Waals surface area contributed by atoms with Crippen LogP contribution >= 0.6 is 11.6 Å². The molecule has 0 aromatic carbocycles. The van der Waals surface area contributed by atoms with Gasteiger partial charge in [0.1, 0.15) is 5.02 Å². The highest BCUT2D eigenvalue weighted by Crippen LogP contribution is 2.31. The maximum Gasteiger partial charge on any atom is 0.196 e. The Morgan fingerprint density at radius 1 is 1.42 bits per heavy atom. The van der Waals surface area contributed by atoms with Crippen LogP contribution in [0.1, 0.15) is 38.7 Å². The molecule has 2 aromatic rings. The number of nitrogens with zero attached hydrogens (tertiary/aromatic N) is 3. The van der Waals surface area contributed by atoms with Gasteiger partial charge in [0.15, 0.2) is 11.5 Å². The van der Waals surface area contributed by atoms with Crippen molar-refractivity contribution < 1.29 is 8.76 Å². The first-order chi connectivity index (χ1) is 8.80. The number of hydrogen-bond acceptors (Lipinski definition) is 4. The third-order valence-corrected chi connectivity index (χ3v) is 3.81. The molecule has 0 fully saturated rings. The van der Waals surface area contributed by atoms with Gasteiger partial charge in [-0.2, -0.15) is 0 Å². The molecule has 0 aliphatic carbocycles. The number of fused-ring (bicyclic) bond motifs is 1. The first kappa shape index (κ1) is 14.5. The van der Waals surface area contributed by atoms with Crippen molar-refractivity contribution in [3.05, 3.63) is 16.5 Å². The summed E-state index contributed by atoms with van der Waals surface area (Å²) in [6.45, 7) is 6.16. The fourth-order valence-electron chi connectivity index (χ4n) is 1.86. The molecule has 1 N–H and O–H groups in total. The molecule has 0 aliphatic heterocycles. The zero-order valence-corrected chi connectivity index (χ0v) is 12.6. The predicted octanol–water partition coefficient (Wildman–Crippen LogP) is 1.82. The Labute approximate surface area is 118 Å². The van der Waals surface area contributed by atoms with Gasteiger partial charge in [0.05, 0.1) is 5.69 Å². The summed E-state index contributed by atoms with van der Waals surface area (Å²) in [5.41, 5.74) is 1.36. The van der Waals surface area contributed by atoms with Gasteiger partial charge in [0, 0.05) is 17.6 Å². The van der Waals surface area contributed by atoms with Crippen molar-refractivity contribution >= 4 is 28.3 Å². The van der Waals surface area contributed by atoms with Crippen molar-refractivity contribution in [3.8, 4) is 0 Å². The smallest absolute Gasteiger partial charge is 0.196 e. The second kappa shape index (κ2) is 5.22. The average Bonchev–Trinajstić information content (AvgIpc) is 2.79. The van der Waals surface area contributed by atoms with Crippen molar-refractivity contribution in [2.24, 2.45) is 0 Å². The van der Waals surface area contributed by atoms with Gasteiger partial charge in [-0.15, -0.1) is 10.2 Å². The van der Waals surface area contributed by atoms with Crippen LogP contribution in [0, 0.1) is 0 Å². The van der Waals surface area contributed by atoms with E-state index in [0.29, 0.717) is 29.3 Å². The molecule has 2 heterocycles. The first-order valence-electron chi connectivity index (χ1n) is 5.98. The lowest BCUT2D eigenvalue weighted by atomic mass is 9.92. The van der Waals surface area contributed by atoms with Crippen LogP contribution in [0.3, 0.4) is 0 Å². The molecule has 6 nitrogen and oxygen atoms in total.